The molecule has 1 rings (SSSR count). The van der Waals surface area contributed by atoms with Crippen LogP contribution >= 0.6 is 0 Å². The van der Waals surface area contributed by atoms with Crippen LogP contribution in [0.3, 0.4) is 0 Å². The van der Waals surface area contributed by atoms with Crippen molar-refractivity contribution in [2.45, 2.75) is 26.3 Å². The number of aromatic nitrogens is 1. The van der Waals surface area contributed by atoms with Crippen LogP contribution in [0.5, 0.6) is 6.08 Å². The van der Waals surface area contributed by atoms with E-state index in [0.717, 1.165) is 31.6 Å². The van der Waals surface area contributed by atoms with Crippen LogP contribution in [0.1, 0.15) is 25.5 Å². The van der Waals surface area contributed by atoms with Crippen molar-refractivity contribution in [3.8, 4) is 6.08 Å². The number of nitrogens with one attached hydrogen (secondary N) is 1. The Bertz CT molecular complexity index is 284. The summed E-state index contributed by atoms with van der Waals surface area (Å²) in [7, 11) is 0. The number of ether oxygens (including phenoxy) is 1. The molecule has 0 atom stereocenters. The van der Waals surface area contributed by atoms with Gasteiger partial charge in [-0.05, 0) is 19.4 Å². The molecule has 0 amide bonds. The molecule has 0 unspecified atom stereocenters. The number of rotatable bonds is 8. The maximum absolute atomic E-state index is 5.26. The van der Waals surface area contributed by atoms with Crippen LogP contribution < -0.4 is 10.1 Å². The topological polar surface area (TPSA) is 47.3 Å². The normalized spacial score (nSPS) is 10.2. The van der Waals surface area contributed by atoms with E-state index in [2.05, 4.69) is 23.8 Å². The minimum Gasteiger partial charge on any atom is -0.450 e. The molecule has 0 radical (unpaired) electrons. The molecule has 84 valence electrons. The molecule has 0 bridgehead atoms. The van der Waals surface area contributed by atoms with Gasteiger partial charge < -0.3 is 14.5 Å². The first kappa shape index (κ1) is 11.8. The summed E-state index contributed by atoms with van der Waals surface area (Å²) in [5, 5.41) is 3.24. The van der Waals surface area contributed by atoms with Crippen molar-refractivity contribution in [2.75, 3.05) is 13.2 Å². The molecular weight excluding hydrogens is 192 g/mol. The lowest BCUT2D eigenvalue weighted by atomic mass is 10.4. The van der Waals surface area contributed by atoms with E-state index in [1.54, 1.807) is 12.3 Å². The lowest BCUT2D eigenvalue weighted by Gasteiger charge is -1.97. The lowest BCUT2D eigenvalue weighted by molar-refractivity contribution is 0.235. The van der Waals surface area contributed by atoms with Crippen LogP contribution in [-0.2, 0) is 6.54 Å². The molecule has 0 spiro atoms. The molecule has 1 N–H and O–H groups in total. The zero-order valence-corrected chi connectivity index (χ0v) is 9.16. The van der Waals surface area contributed by atoms with E-state index in [4.69, 9.17) is 9.15 Å². The lowest BCUT2D eigenvalue weighted by Crippen LogP contribution is -2.13. The maximum Gasteiger partial charge on any atom is 0.393 e. The molecule has 15 heavy (non-hydrogen) atoms. The highest BCUT2D eigenvalue weighted by atomic mass is 16.6. The summed E-state index contributed by atoms with van der Waals surface area (Å²) in [5.41, 5.74) is 0.872. The Morgan fingerprint density at radius 2 is 2.53 bits per heavy atom. The Hall–Kier alpha value is -1.29. The maximum atomic E-state index is 5.26. The highest BCUT2D eigenvalue weighted by Gasteiger charge is 2.03. The zero-order valence-electron chi connectivity index (χ0n) is 9.16. The summed E-state index contributed by atoms with van der Waals surface area (Å²) < 4.78 is 10.4. The molecule has 0 aliphatic rings. The van der Waals surface area contributed by atoms with E-state index in [1.807, 2.05) is 0 Å². The van der Waals surface area contributed by atoms with Gasteiger partial charge in [-0.1, -0.05) is 13.0 Å². The molecule has 0 aliphatic carbocycles. The predicted molar refractivity (Wildman–Crippen MR) is 58.8 cm³/mol. The fourth-order valence-electron chi connectivity index (χ4n) is 1.06. The Kier molecular flexibility index (Phi) is 5.55. The van der Waals surface area contributed by atoms with Gasteiger partial charge in [0.05, 0.1) is 12.3 Å². The van der Waals surface area contributed by atoms with Gasteiger partial charge in [0.1, 0.15) is 6.26 Å². The third-order valence-corrected chi connectivity index (χ3v) is 1.81. The van der Waals surface area contributed by atoms with Crippen molar-refractivity contribution >= 4 is 0 Å². The second-order valence-electron chi connectivity index (χ2n) is 3.21. The Morgan fingerprint density at radius 3 is 3.27 bits per heavy atom. The summed E-state index contributed by atoms with van der Waals surface area (Å²) >= 11 is 0. The zero-order chi connectivity index (χ0) is 10.9. The molecule has 0 aliphatic heterocycles. The van der Waals surface area contributed by atoms with Gasteiger partial charge in [-0.2, -0.15) is 4.98 Å². The Morgan fingerprint density at radius 1 is 1.67 bits per heavy atom. The SMILES string of the molecule is C=CCCOc1nc(CNCCC)co1. The van der Waals surface area contributed by atoms with Gasteiger partial charge in [0.25, 0.3) is 0 Å². The van der Waals surface area contributed by atoms with Gasteiger partial charge in [-0.15, -0.1) is 6.58 Å². The molecule has 0 fully saturated rings. The van der Waals surface area contributed by atoms with Crippen molar-refractivity contribution in [1.29, 1.82) is 0 Å². The average Bonchev–Trinajstić information content (AvgIpc) is 2.67. The first-order valence-corrected chi connectivity index (χ1v) is 5.25. The second kappa shape index (κ2) is 7.06. The molecule has 4 heteroatoms. The van der Waals surface area contributed by atoms with Crippen LogP contribution in [-0.4, -0.2) is 18.1 Å². The third kappa shape index (κ3) is 4.65. The molecule has 0 aromatic carbocycles. The van der Waals surface area contributed by atoms with E-state index in [9.17, 15) is 0 Å². The Balaban J connectivity index is 2.25. The fraction of sp³-hybridized carbons (Fsp3) is 0.545. The van der Waals surface area contributed by atoms with Crippen molar-refractivity contribution < 1.29 is 9.15 Å². The summed E-state index contributed by atoms with van der Waals surface area (Å²) in [4.78, 5) is 4.17. The van der Waals surface area contributed by atoms with Crippen molar-refractivity contribution in [3.63, 3.8) is 0 Å². The first-order chi connectivity index (χ1) is 7.36. The molecule has 0 saturated heterocycles. The molecule has 4 nitrogen and oxygen atoms in total. The average molecular weight is 210 g/mol. The minimum absolute atomic E-state index is 0.338. The predicted octanol–water partition coefficient (Wildman–Crippen LogP) is 2.13. The standard InChI is InChI=1S/C11H18N2O2/c1-3-5-7-14-11-13-10(9-15-11)8-12-6-4-2/h3,9,12H,1,4-8H2,2H3. The van der Waals surface area contributed by atoms with Crippen LogP contribution in [0.25, 0.3) is 0 Å². The first-order valence-electron chi connectivity index (χ1n) is 5.25. The summed E-state index contributed by atoms with van der Waals surface area (Å²) in [6, 6.07) is 0. The number of hydrogen-bond acceptors (Lipinski definition) is 4. The van der Waals surface area contributed by atoms with Crippen LogP contribution in [0.4, 0.5) is 0 Å². The summed E-state index contributed by atoms with van der Waals surface area (Å²) in [5.74, 6) is 0. The number of oxazole rings is 1. The second-order valence-corrected chi connectivity index (χ2v) is 3.21. The van der Waals surface area contributed by atoms with Crippen molar-refractivity contribution in [3.05, 3.63) is 24.6 Å². The van der Waals surface area contributed by atoms with Gasteiger partial charge >= 0.3 is 6.08 Å². The van der Waals surface area contributed by atoms with Gasteiger partial charge in [0, 0.05) is 6.54 Å². The summed E-state index contributed by atoms with van der Waals surface area (Å²) in [6.45, 7) is 8.00. The number of hydrogen-bond donors (Lipinski definition) is 1. The molecule has 1 aromatic heterocycles. The largest absolute Gasteiger partial charge is 0.450 e. The monoisotopic (exact) mass is 210 g/mol. The van der Waals surface area contributed by atoms with Gasteiger partial charge in [0.2, 0.25) is 0 Å². The quantitative estimate of drug-likeness (QED) is 0.527. The Labute approximate surface area is 90.3 Å². The minimum atomic E-state index is 0.338. The molecule has 0 saturated carbocycles. The van der Waals surface area contributed by atoms with E-state index in [1.165, 1.54) is 0 Å². The van der Waals surface area contributed by atoms with Gasteiger partial charge in [-0.25, -0.2) is 0 Å². The van der Waals surface area contributed by atoms with Gasteiger partial charge in [-0.3, -0.25) is 0 Å². The molecule has 1 aromatic rings. The fourth-order valence-corrected chi connectivity index (χ4v) is 1.06. The van der Waals surface area contributed by atoms with E-state index >= 15 is 0 Å². The van der Waals surface area contributed by atoms with Crippen molar-refractivity contribution in [2.24, 2.45) is 0 Å². The molecule has 1 heterocycles. The van der Waals surface area contributed by atoms with E-state index in [-0.39, 0.29) is 0 Å². The van der Waals surface area contributed by atoms with Crippen molar-refractivity contribution in [1.82, 2.24) is 10.3 Å². The highest BCUT2D eigenvalue weighted by molar-refractivity contribution is 4.99. The van der Waals surface area contributed by atoms with Gasteiger partial charge in [0.15, 0.2) is 0 Å². The van der Waals surface area contributed by atoms with E-state index < -0.39 is 0 Å². The highest BCUT2D eigenvalue weighted by Crippen LogP contribution is 2.10. The third-order valence-electron chi connectivity index (χ3n) is 1.81. The van der Waals surface area contributed by atoms with Crippen LogP contribution in [0, 0.1) is 0 Å². The van der Waals surface area contributed by atoms with Crippen LogP contribution in [0.2, 0.25) is 0 Å². The summed E-state index contributed by atoms with van der Waals surface area (Å²) in [6.07, 6.45) is 5.66. The smallest absolute Gasteiger partial charge is 0.393 e. The molecular formula is C11H18N2O2. The van der Waals surface area contributed by atoms with E-state index in [0.29, 0.717) is 12.7 Å². The number of nitrogens with zero attached hydrogens (tertiary/aromatic N) is 1. The van der Waals surface area contributed by atoms with Crippen LogP contribution in [0.15, 0.2) is 23.3 Å².